The Balaban J connectivity index is 2.01. The monoisotopic (exact) mass is 458 g/mol. The van der Waals surface area contributed by atoms with Crippen LogP contribution in [-0.2, 0) is 11.2 Å². The van der Waals surface area contributed by atoms with E-state index in [4.69, 9.17) is 34.3 Å². The van der Waals surface area contributed by atoms with E-state index < -0.39 is 28.1 Å². The molecule has 158 valence electrons. The first-order valence-electron chi connectivity index (χ1n) is 9.37. The van der Waals surface area contributed by atoms with Crippen molar-refractivity contribution in [2.24, 2.45) is 0 Å². The number of halogens is 3. The van der Waals surface area contributed by atoms with Crippen molar-refractivity contribution in [1.82, 2.24) is 0 Å². The Morgan fingerprint density at radius 3 is 2.52 bits per heavy atom. The lowest BCUT2D eigenvalue weighted by Gasteiger charge is -2.29. The Kier molecular flexibility index (Phi) is 6.26. The lowest BCUT2D eigenvalue weighted by Crippen LogP contribution is -2.44. The summed E-state index contributed by atoms with van der Waals surface area (Å²) in [6.07, 6.45) is 1.27. The molecule has 1 aliphatic rings. The number of unbranched alkanes of at least 4 members (excludes halogenated alkanes) is 1. The molecule has 1 saturated heterocycles. The van der Waals surface area contributed by atoms with Gasteiger partial charge in [0.05, 0.1) is 22.3 Å². The largest absolute Gasteiger partial charge is 0.303 e. The molecule has 1 amide bonds. The Bertz CT molecular complexity index is 1170. The molecule has 0 atom stereocenters. The summed E-state index contributed by atoms with van der Waals surface area (Å²) in [4.78, 5) is 15.6. The van der Waals surface area contributed by atoms with Gasteiger partial charge in [-0.15, -0.1) is 0 Å². The van der Waals surface area contributed by atoms with Crippen LogP contribution in [0, 0.1) is 34.3 Å². The molecular formula is C22H17ClF2N4OS. The second-order valence-corrected chi connectivity index (χ2v) is 8.22. The van der Waals surface area contributed by atoms with Crippen LogP contribution in [-0.4, -0.2) is 16.6 Å². The van der Waals surface area contributed by atoms with E-state index >= 15 is 0 Å². The molecule has 9 heteroatoms. The molecule has 0 bridgehead atoms. The van der Waals surface area contributed by atoms with Gasteiger partial charge in [-0.1, -0.05) is 17.7 Å². The van der Waals surface area contributed by atoms with Crippen LogP contribution in [0.2, 0.25) is 5.02 Å². The maximum atomic E-state index is 14.9. The van der Waals surface area contributed by atoms with Gasteiger partial charge in [-0.2, -0.15) is 10.5 Å². The van der Waals surface area contributed by atoms with Gasteiger partial charge in [0.2, 0.25) is 0 Å². The number of carbonyl (C=O) groups is 1. The van der Waals surface area contributed by atoms with Gasteiger partial charge in [0.15, 0.2) is 10.9 Å². The van der Waals surface area contributed by atoms with Gasteiger partial charge in [0, 0.05) is 12.1 Å². The smallest absolute Gasteiger partial charge is 0.259 e. The van der Waals surface area contributed by atoms with Crippen LogP contribution in [0.1, 0.15) is 37.8 Å². The maximum Gasteiger partial charge on any atom is 0.259 e. The van der Waals surface area contributed by atoms with Crippen molar-refractivity contribution in [2.45, 2.75) is 38.6 Å². The van der Waals surface area contributed by atoms with Gasteiger partial charge in [-0.05, 0) is 68.7 Å². The molecule has 31 heavy (non-hydrogen) atoms. The molecule has 2 aromatic carbocycles. The zero-order valence-corrected chi connectivity index (χ0v) is 18.3. The standard InChI is InChI=1S/C22H17ClF2N4OS/c1-22(2)20(30)28(17-9-7-14(12-27)18(23)19(17)25)21(31)29(22)15-8-6-13(16(24)11-15)5-3-4-10-26/h6-9,11H,3-5H2,1-2H3. The van der Waals surface area contributed by atoms with E-state index in [0.717, 1.165) is 4.90 Å². The Morgan fingerprint density at radius 1 is 1.19 bits per heavy atom. The zero-order chi connectivity index (χ0) is 22.9. The van der Waals surface area contributed by atoms with Gasteiger partial charge >= 0.3 is 0 Å². The van der Waals surface area contributed by atoms with Crippen molar-refractivity contribution in [3.63, 3.8) is 0 Å². The number of rotatable bonds is 5. The normalized spacial score (nSPS) is 15.2. The predicted molar refractivity (Wildman–Crippen MR) is 118 cm³/mol. The van der Waals surface area contributed by atoms with E-state index in [1.54, 1.807) is 32.0 Å². The minimum atomic E-state index is -1.22. The SMILES string of the molecule is CC1(C)C(=O)N(c2ccc(C#N)c(Cl)c2F)C(=S)N1c1ccc(CCCC#N)c(F)c1. The van der Waals surface area contributed by atoms with E-state index in [1.807, 2.05) is 6.07 Å². The van der Waals surface area contributed by atoms with Crippen LogP contribution in [0.5, 0.6) is 0 Å². The summed E-state index contributed by atoms with van der Waals surface area (Å²) in [7, 11) is 0. The van der Waals surface area contributed by atoms with Crippen LogP contribution in [0.3, 0.4) is 0 Å². The minimum absolute atomic E-state index is 0.0358. The lowest BCUT2D eigenvalue weighted by molar-refractivity contribution is -0.120. The molecule has 1 aliphatic heterocycles. The summed E-state index contributed by atoms with van der Waals surface area (Å²) in [5.74, 6) is -1.93. The number of aryl methyl sites for hydroxylation is 1. The molecule has 0 spiro atoms. The highest BCUT2D eigenvalue weighted by Crippen LogP contribution is 2.39. The minimum Gasteiger partial charge on any atom is -0.303 e. The van der Waals surface area contributed by atoms with Gasteiger partial charge in [0.25, 0.3) is 5.91 Å². The van der Waals surface area contributed by atoms with Crippen LogP contribution >= 0.6 is 23.8 Å². The number of thiocarbonyl (C=S) groups is 1. The van der Waals surface area contributed by atoms with Crippen molar-refractivity contribution in [2.75, 3.05) is 9.80 Å². The van der Waals surface area contributed by atoms with Crippen molar-refractivity contribution in [1.29, 1.82) is 10.5 Å². The molecule has 3 rings (SSSR count). The first-order valence-corrected chi connectivity index (χ1v) is 10.2. The molecule has 5 nitrogen and oxygen atoms in total. The number of nitrogens with zero attached hydrogens (tertiary/aromatic N) is 4. The van der Waals surface area contributed by atoms with Gasteiger partial charge in [-0.25, -0.2) is 8.78 Å². The molecule has 0 radical (unpaired) electrons. The highest BCUT2D eigenvalue weighted by Gasteiger charge is 2.51. The summed E-state index contributed by atoms with van der Waals surface area (Å²) >= 11 is 11.4. The van der Waals surface area contributed by atoms with Crippen LogP contribution < -0.4 is 9.80 Å². The summed E-state index contributed by atoms with van der Waals surface area (Å²) in [5.41, 5.74) is -0.671. The molecule has 1 heterocycles. The van der Waals surface area contributed by atoms with Crippen LogP contribution in [0.25, 0.3) is 0 Å². The molecule has 0 aliphatic carbocycles. The summed E-state index contributed by atoms with van der Waals surface area (Å²) in [6, 6.07) is 10.9. The lowest BCUT2D eigenvalue weighted by atomic mass is 10.0. The van der Waals surface area contributed by atoms with Gasteiger partial charge in [-0.3, -0.25) is 9.69 Å². The molecular weight excluding hydrogens is 442 g/mol. The summed E-state index contributed by atoms with van der Waals surface area (Å²) in [6.45, 7) is 3.20. The van der Waals surface area contributed by atoms with Gasteiger partial charge < -0.3 is 4.90 Å². The fourth-order valence-electron chi connectivity index (χ4n) is 3.48. The third kappa shape index (κ3) is 3.85. The number of hydrogen-bond acceptors (Lipinski definition) is 4. The van der Waals surface area contributed by atoms with E-state index in [-0.39, 0.29) is 16.4 Å². The first-order chi connectivity index (χ1) is 14.6. The van der Waals surface area contributed by atoms with E-state index in [9.17, 15) is 13.6 Å². The number of anilines is 2. The molecule has 0 N–H and O–H groups in total. The van der Waals surface area contributed by atoms with Gasteiger partial charge in [0.1, 0.15) is 17.4 Å². The molecule has 0 aromatic heterocycles. The van der Waals surface area contributed by atoms with Crippen molar-refractivity contribution in [3.05, 3.63) is 58.1 Å². The highest BCUT2D eigenvalue weighted by molar-refractivity contribution is 7.81. The van der Waals surface area contributed by atoms with Crippen LogP contribution in [0.4, 0.5) is 20.2 Å². The van der Waals surface area contributed by atoms with E-state index in [1.165, 1.54) is 23.1 Å². The number of benzene rings is 2. The molecule has 2 aromatic rings. The van der Waals surface area contributed by atoms with Crippen LogP contribution in [0.15, 0.2) is 30.3 Å². The average Bonchev–Trinajstić information content (AvgIpc) is 2.90. The quantitative estimate of drug-likeness (QED) is 0.452. The topological polar surface area (TPSA) is 71.1 Å². The maximum absolute atomic E-state index is 14.9. The summed E-state index contributed by atoms with van der Waals surface area (Å²) < 4.78 is 29.5. The number of nitriles is 2. The highest BCUT2D eigenvalue weighted by atomic mass is 35.5. The fraction of sp³-hybridized carbons (Fsp3) is 0.273. The third-order valence-electron chi connectivity index (χ3n) is 5.12. The third-order valence-corrected chi connectivity index (χ3v) is 5.86. The number of amides is 1. The summed E-state index contributed by atoms with van der Waals surface area (Å²) in [5, 5.41) is 17.2. The van der Waals surface area contributed by atoms with E-state index in [0.29, 0.717) is 30.5 Å². The second kappa shape index (κ2) is 8.58. The van der Waals surface area contributed by atoms with Crippen molar-refractivity contribution in [3.8, 4) is 12.1 Å². The first kappa shape index (κ1) is 22.6. The Labute approximate surface area is 189 Å². The fourth-order valence-corrected chi connectivity index (χ4v) is 4.19. The number of hydrogen-bond donors (Lipinski definition) is 0. The molecule has 1 fully saturated rings. The average molecular weight is 459 g/mol. The predicted octanol–water partition coefficient (Wildman–Crippen LogP) is 5.25. The zero-order valence-electron chi connectivity index (χ0n) is 16.7. The Morgan fingerprint density at radius 2 is 1.90 bits per heavy atom. The molecule has 0 unspecified atom stereocenters. The molecule has 0 saturated carbocycles. The number of carbonyl (C=O) groups excluding carboxylic acids is 1. The van der Waals surface area contributed by atoms with E-state index in [2.05, 4.69) is 0 Å². The van der Waals surface area contributed by atoms with Crippen molar-refractivity contribution < 1.29 is 13.6 Å². The Hall–Kier alpha value is -3.07. The van der Waals surface area contributed by atoms with Crippen molar-refractivity contribution >= 4 is 46.2 Å². The second-order valence-electron chi connectivity index (χ2n) is 7.48.